The van der Waals surface area contributed by atoms with Gasteiger partial charge in [0.1, 0.15) is 19.1 Å². The molecular formula is C11H19N3O6. The van der Waals surface area contributed by atoms with Crippen LogP contribution in [0.1, 0.15) is 13.8 Å². The van der Waals surface area contributed by atoms with Crippen LogP contribution in [0, 0.1) is 0 Å². The highest BCUT2D eigenvalue weighted by atomic mass is 16.4. The second kappa shape index (κ2) is 7.97. The number of likely N-dealkylation sites (N-methyl/N-ethyl adjacent to an activating group) is 1. The van der Waals surface area contributed by atoms with Gasteiger partial charge in [-0.2, -0.15) is 0 Å². The zero-order valence-electron chi connectivity index (χ0n) is 11.6. The first-order valence-corrected chi connectivity index (χ1v) is 5.93. The molecule has 0 aliphatic rings. The summed E-state index contributed by atoms with van der Waals surface area (Å²) in [6.07, 6.45) is 0. The number of rotatable bonds is 7. The van der Waals surface area contributed by atoms with E-state index in [9.17, 15) is 19.2 Å². The summed E-state index contributed by atoms with van der Waals surface area (Å²) < 4.78 is 0. The van der Waals surface area contributed by atoms with E-state index in [4.69, 9.17) is 10.2 Å². The van der Waals surface area contributed by atoms with Crippen molar-refractivity contribution in [3.63, 3.8) is 0 Å². The van der Waals surface area contributed by atoms with E-state index in [-0.39, 0.29) is 5.91 Å². The molecule has 0 bridgehead atoms. The molecule has 0 radical (unpaired) electrons. The Morgan fingerprint density at radius 1 is 1.10 bits per heavy atom. The first kappa shape index (κ1) is 17.7. The number of carboxylic acid groups (broad SMARTS) is 2. The second-order valence-corrected chi connectivity index (χ2v) is 4.17. The lowest BCUT2D eigenvalue weighted by Gasteiger charge is -2.24. The summed E-state index contributed by atoms with van der Waals surface area (Å²) in [5.41, 5.74) is 0. The fraction of sp³-hybridized carbons (Fsp3) is 0.636. The van der Waals surface area contributed by atoms with Crippen LogP contribution in [0.2, 0.25) is 0 Å². The average Bonchev–Trinajstić information content (AvgIpc) is 2.34. The van der Waals surface area contributed by atoms with E-state index in [2.05, 4.69) is 5.32 Å². The van der Waals surface area contributed by atoms with Crippen molar-refractivity contribution >= 4 is 23.9 Å². The van der Waals surface area contributed by atoms with Crippen LogP contribution in [0.25, 0.3) is 0 Å². The third-order valence-electron chi connectivity index (χ3n) is 2.50. The fourth-order valence-corrected chi connectivity index (χ4v) is 1.35. The van der Waals surface area contributed by atoms with E-state index >= 15 is 0 Å². The molecule has 0 spiro atoms. The summed E-state index contributed by atoms with van der Waals surface area (Å²) in [7, 11) is 1.55. The minimum atomic E-state index is -1.34. The van der Waals surface area contributed by atoms with Crippen molar-refractivity contribution in [2.75, 3.05) is 26.7 Å². The average molecular weight is 289 g/mol. The van der Waals surface area contributed by atoms with Crippen molar-refractivity contribution in [3.05, 3.63) is 0 Å². The van der Waals surface area contributed by atoms with Gasteiger partial charge in [0.25, 0.3) is 0 Å². The summed E-state index contributed by atoms with van der Waals surface area (Å²) in [6, 6.07) is -1.79. The molecule has 0 saturated heterocycles. The van der Waals surface area contributed by atoms with Gasteiger partial charge < -0.3 is 25.3 Å². The molecule has 114 valence electrons. The molecule has 9 heteroatoms. The maximum absolute atomic E-state index is 11.8. The number of carboxylic acids is 2. The molecule has 0 aromatic carbocycles. The molecule has 0 saturated carbocycles. The van der Waals surface area contributed by atoms with Gasteiger partial charge in [0.2, 0.25) is 5.91 Å². The number of amides is 3. The zero-order chi connectivity index (χ0) is 15.9. The van der Waals surface area contributed by atoms with Crippen molar-refractivity contribution in [1.82, 2.24) is 15.1 Å². The van der Waals surface area contributed by atoms with Crippen molar-refractivity contribution < 1.29 is 29.4 Å². The number of hydrogen-bond donors (Lipinski definition) is 3. The Morgan fingerprint density at radius 3 is 1.90 bits per heavy atom. The van der Waals surface area contributed by atoms with Gasteiger partial charge in [-0.3, -0.25) is 14.4 Å². The SMILES string of the molecule is CCN(C)C(=O)C(C)NC(=O)N(CC(=O)O)CC(=O)O. The first-order chi connectivity index (χ1) is 9.18. The second-order valence-electron chi connectivity index (χ2n) is 4.17. The molecular weight excluding hydrogens is 270 g/mol. The van der Waals surface area contributed by atoms with E-state index in [1.165, 1.54) is 11.8 Å². The van der Waals surface area contributed by atoms with Crippen LogP contribution in [0.3, 0.4) is 0 Å². The van der Waals surface area contributed by atoms with Crippen LogP contribution in [-0.4, -0.2) is 76.6 Å². The molecule has 3 N–H and O–H groups in total. The Labute approximate surface area is 116 Å². The molecule has 0 rings (SSSR count). The third kappa shape index (κ3) is 6.03. The highest BCUT2D eigenvalue weighted by Crippen LogP contribution is 1.96. The van der Waals surface area contributed by atoms with Crippen LogP contribution in [0.5, 0.6) is 0 Å². The van der Waals surface area contributed by atoms with Gasteiger partial charge >= 0.3 is 18.0 Å². The Kier molecular flexibility index (Phi) is 7.05. The molecule has 0 fully saturated rings. The molecule has 1 unspecified atom stereocenters. The van der Waals surface area contributed by atoms with Gasteiger partial charge in [0.15, 0.2) is 0 Å². The Balaban J connectivity index is 4.70. The standard InChI is InChI=1S/C11H19N3O6/c1-4-13(3)10(19)7(2)12-11(20)14(5-8(15)16)6-9(17)18/h7H,4-6H2,1-3H3,(H,12,20)(H,15,16)(H,17,18). The molecule has 3 amide bonds. The van der Waals surface area contributed by atoms with Crippen LogP contribution < -0.4 is 5.32 Å². The molecule has 0 heterocycles. The fourth-order valence-electron chi connectivity index (χ4n) is 1.35. The minimum absolute atomic E-state index is 0.355. The van der Waals surface area contributed by atoms with E-state index in [1.54, 1.807) is 14.0 Å². The van der Waals surface area contributed by atoms with Crippen LogP contribution in [-0.2, 0) is 14.4 Å². The number of aliphatic carboxylic acids is 2. The summed E-state index contributed by atoms with van der Waals surface area (Å²) in [4.78, 5) is 46.6. The number of nitrogens with zero attached hydrogens (tertiary/aromatic N) is 2. The van der Waals surface area contributed by atoms with Crippen molar-refractivity contribution in [1.29, 1.82) is 0 Å². The van der Waals surface area contributed by atoms with E-state index in [0.29, 0.717) is 11.4 Å². The topological polar surface area (TPSA) is 127 Å². The zero-order valence-corrected chi connectivity index (χ0v) is 11.6. The number of carbonyl (C=O) groups is 4. The molecule has 0 aromatic rings. The monoisotopic (exact) mass is 289 g/mol. The summed E-state index contributed by atoms with van der Waals surface area (Å²) in [6.45, 7) is 2.12. The Bertz CT molecular complexity index is 382. The van der Waals surface area contributed by atoms with Gasteiger partial charge in [0.05, 0.1) is 0 Å². The number of hydrogen-bond acceptors (Lipinski definition) is 4. The van der Waals surface area contributed by atoms with Crippen molar-refractivity contribution in [2.45, 2.75) is 19.9 Å². The largest absolute Gasteiger partial charge is 0.480 e. The number of urea groups is 1. The van der Waals surface area contributed by atoms with Gasteiger partial charge in [0, 0.05) is 13.6 Å². The maximum atomic E-state index is 11.8. The first-order valence-electron chi connectivity index (χ1n) is 5.93. The third-order valence-corrected chi connectivity index (χ3v) is 2.50. The van der Waals surface area contributed by atoms with Gasteiger partial charge in [-0.25, -0.2) is 4.79 Å². The lowest BCUT2D eigenvalue weighted by Crippen LogP contribution is -2.52. The highest BCUT2D eigenvalue weighted by Gasteiger charge is 2.24. The van der Waals surface area contributed by atoms with E-state index in [0.717, 1.165) is 0 Å². The van der Waals surface area contributed by atoms with E-state index < -0.39 is 37.1 Å². The van der Waals surface area contributed by atoms with Gasteiger partial charge in [-0.1, -0.05) is 0 Å². The predicted molar refractivity (Wildman–Crippen MR) is 68.1 cm³/mol. The Hall–Kier alpha value is -2.32. The summed E-state index contributed by atoms with van der Waals surface area (Å²) >= 11 is 0. The quantitative estimate of drug-likeness (QED) is 0.553. The number of carbonyl (C=O) groups excluding carboxylic acids is 2. The summed E-state index contributed by atoms with van der Waals surface area (Å²) in [5, 5.41) is 19.5. The predicted octanol–water partition coefficient (Wildman–Crippen LogP) is -0.966. The highest BCUT2D eigenvalue weighted by molar-refractivity contribution is 5.89. The van der Waals surface area contributed by atoms with Crippen LogP contribution in [0.4, 0.5) is 4.79 Å². The Morgan fingerprint density at radius 2 is 1.55 bits per heavy atom. The van der Waals surface area contributed by atoms with Crippen molar-refractivity contribution in [2.24, 2.45) is 0 Å². The maximum Gasteiger partial charge on any atom is 0.323 e. The molecule has 1 atom stereocenters. The van der Waals surface area contributed by atoms with Crippen LogP contribution in [0.15, 0.2) is 0 Å². The number of nitrogens with one attached hydrogen (secondary N) is 1. The summed E-state index contributed by atoms with van der Waals surface area (Å²) in [5.74, 6) is -3.04. The molecule has 0 aliphatic carbocycles. The van der Waals surface area contributed by atoms with E-state index in [1.807, 2.05) is 0 Å². The molecule has 0 aliphatic heterocycles. The lowest BCUT2D eigenvalue weighted by atomic mass is 10.3. The minimum Gasteiger partial charge on any atom is -0.480 e. The van der Waals surface area contributed by atoms with Gasteiger partial charge in [-0.05, 0) is 13.8 Å². The van der Waals surface area contributed by atoms with Crippen LogP contribution >= 0.6 is 0 Å². The molecule has 9 nitrogen and oxygen atoms in total. The lowest BCUT2D eigenvalue weighted by molar-refractivity contribution is -0.140. The smallest absolute Gasteiger partial charge is 0.323 e. The normalized spacial score (nSPS) is 11.3. The molecule has 20 heavy (non-hydrogen) atoms. The molecule has 0 aromatic heterocycles. The van der Waals surface area contributed by atoms with Crippen molar-refractivity contribution in [3.8, 4) is 0 Å². The van der Waals surface area contributed by atoms with Gasteiger partial charge in [-0.15, -0.1) is 0 Å².